The maximum atomic E-state index is 11.2. The maximum absolute atomic E-state index is 11.2. The van der Waals surface area contributed by atoms with E-state index in [2.05, 4.69) is 33.2 Å². The lowest BCUT2D eigenvalue weighted by molar-refractivity contribution is -0.120. The highest BCUT2D eigenvalue weighted by atomic mass is 127. The summed E-state index contributed by atoms with van der Waals surface area (Å²) in [7, 11) is 0. The summed E-state index contributed by atoms with van der Waals surface area (Å²) in [6, 6.07) is 3.80. The molecule has 4 nitrogen and oxygen atoms in total. The lowest BCUT2D eigenvalue weighted by Crippen LogP contribution is -2.33. The molecule has 0 atom stereocenters. The van der Waals surface area contributed by atoms with Crippen molar-refractivity contribution < 1.29 is 9.21 Å². The second kappa shape index (κ2) is 6.84. The number of carbonyl (C=O) groups excluding carboxylic acids is 1. The smallest absolute Gasteiger partial charge is 0.233 e. The SMILES string of the molecule is CCCNC(=O)CNCc1ccc(I)o1. The third kappa shape index (κ3) is 5.17. The van der Waals surface area contributed by atoms with Crippen molar-refractivity contribution in [3.05, 3.63) is 21.7 Å². The molecule has 0 saturated carbocycles. The number of hydrogen-bond acceptors (Lipinski definition) is 3. The molecule has 1 amide bonds. The summed E-state index contributed by atoms with van der Waals surface area (Å²) in [6.07, 6.45) is 0.960. The monoisotopic (exact) mass is 322 g/mol. The van der Waals surface area contributed by atoms with Crippen LogP contribution >= 0.6 is 22.6 Å². The average molecular weight is 322 g/mol. The van der Waals surface area contributed by atoms with E-state index in [9.17, 15) is 4.79 Å². The molecule has 1 heterocycles. The minimum atomic E-state index is 0.0260. The molecule has 0 fully saturated rings. The fourth-order valence-electron chi connectivity index (χ4n) is 1.07. The second-order valence-electron chi connectivity index (χ2n) is 3.16. The summed E-state index contributed by atoms with van der Waals surface area (Å²) < 4.78 is 6.20. The molecule has 0 spiro atoms. The molecule has 0 aliphatic rings. The van der Waals surface area contributed by atoms with E-state index >= 15 is 0 Å². The Morgan fingerprint density at radius 1 is 1.53 bits per heavy atom. The standard InChI is InChI=1S/C10H15IN2O2/c1-2-5-13-10(14)7-12-6-8-3-4-9(11)15-8/h3-4,12H,2,5-7H2,1H3,(H,13,14). The van der Waals surface area contributed by atoms with Crippen LogP contribution in [0.5, 0.6) is 0 Å². The fraction of sp³-hybridized carbons (Fsp3) is 0.500. The molecule has 0 saturated heterocycles. The zero-order valence-corrected chi connectivity index (χ0v) is 10.8. The van der Waals surface area contributed by atoms with Crippen LogP contribution < -0.4 is 10.6 Å². The highest BCUT2D eigenvalue weighted by Gasteiger charge is 2.01. The van der Waals surface area contributed by atoms with Crippen molar-refractivity contribution in [2.45, 2.75) is 19.9 Å². The van der Waals surface area contributed by atoms with Gasteiger partial charge in [0.15, 0.2) is 3.77 Å². The van der Waals surface area contributed by atoms with Crippen LogP contribution in [0.15, 0.2) is 16.5 Å². The Bertz CT molecular complexity index is 312. The van der Waals surface area contributed by atoms with Gasteiger partial charge < -0.3 is 15.1 Å². The lowest BCUT2D eigenvalue weighted by Gasteiger charge is -2.03. The van der Waals surface area contributed by atoms with Crippen molar-refractivity contribution in [1.29, 1.82) is 0 Å². The van der Waals surface area contributed by atoms with Gasteiger partial charge in [0.1, 0.15) is 5.76 Å². The van der Waals surface area contributed by atoms with Gasteiger partial charge in [-0.05, 0) is 41.1 Å². The first-order valence-electron chi connectivity index (χ1n) is 4.94. The number of carbonyl (C=O) groups is 1. The molecule has 0 aliphatic heterocycles. The van der Waals surface area contributed by atoms with Gasteiger partial charge in [0, 0.05) is 6.54 Å². The van der Waals surface area contributed by atoms with Gasteiger partial charge >= 0.3 is 0 Å². The number of rotatable bonds is 6. The quantitative estimate of drug-likeness (QED) is 0.781. The molecular weight excluding hydrogens is 307 g/mol. The van der Waals surface area contributed by atoms with E-state index in [4.69, 9.17) is 4.42 Å². The van der Waals surface area contributed by atoms with E-state index in [-0.39, 0.29) is 5.91 Å². The Hall–Kier alpha value is -0.560. The summed E-state index contributed by atoms with van der Waals surface area (Å²) in [6.45, 7) is 3.68. The van der Waals surface area contributed by atoms with Crippen LogP contribution in [0.3, 0.4) is 0 Å². The Morgan fingerprint density at radius 3 is 2.93 bits per heavy atom. The van der Waals surface area contributed by atoms with E-state index in [1.54, 1.807) is 0 Å². The van der Waals surface area contributed by atoms with Crippen molar-refractivity contribution in [3.8, 4) is 0 Å². The van der Waals surface area contributed by atoms with Gasteiger partial charge in [-0.15, -0.1) is 0 Å². The molecule has 0 bridgehead atoms. The third-order valence-electron chi connectivity index (χ3n) is 1.79. The van der Waals surface area contributed by atoms with Crippen LogP contribution in [0, 0.1) is 3.77 Å². The van der Waals surface area contributed by atoms with E-state index in [1.807, 2.05) is 19.1 Å². The fourth-order valence-corrected chi connectivity index (χ4v) is 1.54. The van der Waals surface area contributed by atoms with Crippen LogP contribution in [0.25, 0.3) is 0 Å². The minimum absolute atomic E-state index is 0.0260. The first-order chi connectivity index (χ1) is 7.22. The largest absolute Gasteiger partial charge is 0.454 e. The molecule has 84 valence electrons. The van der Waals surface area contributed by atoms with Gasteiger partial charge in [-0.2, -0.15) is 0 Å². The minimum Gasteiger partial charge on any atom is -0.454 e. The van der Waals surface area contributed by atoms with Gasteiger partial charge in [0.2, 0.25) is 5.91 Å². The van der Waals surface area contributed by atoms with Crippen LogP contribution in [-0.4, -0.2) is 19.0 Å². The predicted octanol–water partition coefficient (Wildman–Crippen LogP) is 1.50. The maximum Gasteiger partial charge on any atom is 0.233 e. The highest BCUT2D eigenvalue weighted by molar-refractivity contribution is 14.1. The van der Waals surface area contributed by atoms with E-state index in [0.29, 0.717) is 13.1 Å². The van der Waals surface area contributed by atoms with Gasteiger partial charge in [-0.1, -0.05) is 6.92 Å². The Kier molecular flexibility index (Phi) is 5.70. The highest BCUT2D eigenvalue weighted by Crippen LogP contribution is 2.09. The summed E-state index contributed by atoms with van der Waals surface area (Å²) in [5, 5.41) is 5.80. The third-order valence-corrected chi connectivity index (χ3v) is 2.37. The zero-order valence-electron chi connectivity index (χ0n) is 8.68. The normalized spacial score (nSPS) is 10.3. The Morgan fingerprint density at radius 2 is 2.33 bits per heavy atom. The molecule has 1 aromatic heterocycles. The molecule has 1 rings (SSSR count). The Balaban J connectivity index is 2.13. The van der Waals surface area contributed by atoms with Crippen LogP contribution in [0.4, 0.5) is 0 Å². The number of nitrogens with one attached hydrogen (secondary N) is 2. The molecule has 1 aromatic rings. The molecule has 0 aromatic carbocycles. The summed E-state index contributed by atoms with van der Waals surface area (Å²) >= 11 is 2.11. The van der Waals surface area contributed by atoms with E-state index in [1.165, 1.54) is 0 Å². The number of hydrogen-bond donors (Lipinski definition) is 2. The van der Waals surface area contributed by atoms with Crippen LogP contribution in [-0.2, 0) is 11.3 Å². The van der Waals surface area contributed by atoms with Gasteiger partial charge in [-0.25, -0.2) is 0 Å². The predicted molar refractivity (Wildman–Crippen MR) is 66.4 cm³/mol. The molecule has 15 heavy (non-hydrogen) atoms. The van der Waals surface area contributed by atoms with Crippen molar-refractivity contribution in [2.24, 2.45) is 0 Å². The average Bonchev–Trinajstić information content (AvgIpc) is 2.61. The molecule has 5 heteroatoms. The zero-order chi connectivity index (χ0) is 11.1. The van der Waals surface area contributed by atoms with Crippen LogP contribution in [0.1, 0.15) is 19.1 Å². The van der Waals surface area contributed by atoms with Crippen molar-refractivity contribution in [2.75, 3.05) is 13.1 Å². The number of halogens is 1. The Labute approximate surface area is 103 Å². The molecule has 0 radical (unpaired) electrons. The van der Waals surface area contributed by atoms with Gasteiger partial charge in [0.05, 0.1) is 13.1 Å². The van der Waals surface area contributed by atoms with Crippen LogP contribution in [0.2, 0.25) is 0 Å². The molecular formula is C10H15IN2O2. The van der Waals surface area contributed by atoms with Gasteiger partial charge in [-0.3, -0.25) is 4.79 Å². The summed E-state index contributed by atoms with van der Waals surface area (Å²) in [5.74, 6) is 0.876. The lowest BCUT2D eigenvalue weighted by atomic mass is 10.4. The summed E-state index contributed by atoms with van der Waals surface area (Å²) in [5.41, 5.74) is 0. The van der Waals surface area contributed by atoms with Gasteiger partial charge in [0.25, 0.3) is 0 Å². The molecule has 0 unspecified atom stereocenters. The van der Waals surface area contributed by atoms with Crippen molar-refractivity contribution >= 4 is 28.5 Å². The molecule has 0 aliphatic carbocycles. The first-order valence-corrected chi connectivity index (χ1v) is 6.02. The van der Waals surface area contributed by atoms with Crippen molar-refractivity contribution in [1.82, 2.24) is 10.6 Å². The number of amides is 1. The summed E-state index contributed by atoms with van der Waals surface area (Å²) in [4.78, 5) is 11.2. The second-order valence-corrected chi connectivity index (χ2v) is 4.22. The molecule has 2 N–H and O–H groups in total. The van der Waals surface area contributed by atoms with E-state index in [0.717, 1.165) is 22.5 Å². The van der Waals surface area contributed by atoms with E-state index < -0.39 is 0 Å². The first kappa shape index (κ1) is 12.5. The van der Waals surface area contributed by atoms with Crippen molar-refractivity contribution in [3.63, 3.8) is 0 Å². The topological polar surface area (TPSA) is 54.3 Å². The number of furan rings is 1.